The van der Waals surface area contributed by atoms with Crippen LogP contribution in [0.3, 0.4) is 0 Å². The van der Waals surface area contributed by atoms with Gasteiger partial charge in [0.15, 0.2) is 0 Å². The van der Waals surface area contributed by atoms with Gasteiger partial charge in [-0.3, -0.25) is 0 Å². The highest BCUT2D eigenvalue weighted by molar-refractivity contribution is 5.68. The van der Waals surface area contributed by atoms with Crippen LogP contribution in [-0.4, -0.2) is 47.8 Å². The van der Waals surface area contributed by atoms with Crippen LogP contribution in [0.4, 0.5) is 4.79 Å². The molecule has 1 unspecified atom stereocenters. The molecule has 1 aliphatic rings. The van der Waals surface area contributed by atoms with Gasteiger partial charge in [0.2, 0.25) is 0 Å². The number of nitrogens with one attached hydrogen (secondary N) is 2. The standard InChI is InChI=1S/C22H37N3O2/c1-21(2,3)23-16-19(17-10-8-7-9-11-17)24-18-12-14-25(15-13-18)20(26)27-22(4,5)6/h7-11,18-19,23-24H,12-16H2,1-6H3. The number of rotatable bonds is 5. The van der Waals surface area contributed by atoms with Crippen molar-refractivity contribution in [1.82, 2.24) is 15.5 Å². The number of nitrogens with zero attached hydrogens (tertiary/aromatic N) is 1. The minimum absolute atomic E-state index is 0.0782. The molecule has 1 aromatic rings. The van der Waals surface area contributed by atoms with Crippen molar-refractivity contribution >= 4 is 6.09 Å². The molecule has 1 heterocycles. The van der Waals surface area contributed by atoms with Crippen LogP contribution in [-0.2, 0) is 4.74 Å². The van der Waals surface area contributed by atoms with Crippen LogP contribution in [0.25, 0.3) is 0 Å². The predicted octanol–water partition coefficient (Wildman–Crippen LogP) is 4.10. The fourth-order valence-electron chi connectivity index (χ4n) is 3.21. The van der Waals surface area contributed by atoms with Gasteiger partial charge in [-0.2, -0.15) is 0 Å². The minimum Gasteiger partial charge on any atom is -0.444 e. The summed E-state index contributed by atoms with van der Waals surface area (Å²) < 4.78 is 5.50. The maximum absolute atomic E-state index is 12.3. The van der Waals surface area contributed by atoms with Crippen molar-refractivity contribution in [3.05, 3.63) is 35.9 Å². The summed E-state index contributed by atoms with van der Waals surface area (Å²) in [6.07, 6.45) is 1.69. The van der Waals surface area contributed by atoms with Gasteiger partial charge in [-0.05, 0) is 59.9 Å². The van der Waals surface area contributed by atoms with Crippen molar-refractivity contribution < 1.29 is 9.53 Å². The van der Waals surface area contributed by atoms with E-state index >= 15 is 0 Å². The molecular formula is C22H37N3O2. The lowest BCUT2D eigenvalue weighted by molar-refractivity contribution is 0.0195. The maximum Gasteiger partial charge on any atom is 0.410 e. The maximum atomic E-state index is 12.3. The number of carbonyl (C=O) groups excluding carboxylic acids is 1. The molecule has 27 heavy (non-hydrogen) atoms. The molecule has 1 aliphatic heterocycles. The van der Waals surface area contributed by atoms with Crippen LogP contribution in [0.15, 0.2) is 30.3 Å². The third kappa shape index (κ3) is 7.89. The van der Waals surface area contributed by atoms with E-state index in [0.717, 1.165) is 32.5 Å². The van der Waals surface area contributed by atoms with Crippen molar-refractivity contribution in [2.45, 2.75) is 77.6 Å². The molecule has 2 rings (SSSR count). The third-order valence-corrected chi connectivity index (χ3v) is 4.62. The number of hydrogen-bond acceptors (Lipinski definition) is 4. The molecule has 0 bridgehead atoms. The molecule has 1 atom stereocenters. The minimum atomic E-state index is -0.441. The molecular weight excluding hydrogens is 338 g/mol. The first kappa shape index (κ1) is 21.7. The first-order valence-corrected chi connectivity index (χ1v) is 10.1. The number of benzene rings is 1. The Labute approximate surface area is 164 Å². The molecule has 152 valence electrons. The van der Waals surface area contributed by atoms with Crippen LogP contribution < -0.4 is 10.6 Å². The lowest BCUT2D eigenvalue weighted by atomic mass is 10.00. The predicted molar refractivity (Wildman–Crippen MR) is 111 cm³/mol. The molecule has 1 fully saturated rings. The summed E-state index contributed by atoms with van der Waals surface area (Å²) in [5.41, 5.74) is 0.932. The Morgan fingerprint density at radius 3 is 2.22 bits per heavy atom. The number of amides is 1. The highest BCUT2D eigenvalue weighted by Gasteiger charge is 2.28. The first-order valence-electron chi connectivity index (χ1n) is 10.1. The van der Waals surface area contributed by atoms with Crippen molar-refractivity contribution in [2.24, 2.45) is 0 Å². The van der Waals surface area contributed by atoms with E-state index in [1.54, 1.807) is 0 Å². The van der Waals surface area contributed by atoms with Crippen LogP contribution in [0.5, 0.6) is 0 Å². The van der Waals surface area contributed by atoms with Gasteiger partial charge < -0.3 is 20.3 Å². The summed E-state index contributed by atoms with van der Waals surface area (Å²) in [5.74, 6) is 0. The summed E-state index contributed by atoms with van der Waals surface area (Å²) >= 11 is 0. The average molecular weight is 376 g/mol. The molecule has 0 aliphatic carbocycles. The summed E-state index contributed by atoms with van der Waals surface area (Å²) in [6.45, 7) is 14.6. The normalized spacial score (nSPS) is 17.6. The van der Waals surface area contributed by atoms with Crippen LogP contribution in [0, 0.1) is 0 Å². The van der Waals surface area contributed by atoms with Gasteiger partial charge in [0.05, 0.1) is 0 Å². The van der Waals surface area contributed by atoms with E-state index < -0.39 is 5.60 Å². The monoisotopic (exact) mass is 375 g/mol. The van der Waals surface area contributed by atoms with Gasteiger partial charge in [0.1, 0.15) is 5.60 Å². The molecule has 0 spiro atoms. The highest BCUT2D eigenvalue weighted by Crippen LogP contribution is 2.20. The Morgan fingerprint density at radius 1 is 1.11 bits per heavy atom. The number of likely N-dealkylation sites (tertiary alicyclic amines) is 1. The summed E-state index contributed by atoms with van der Waals surface area (Å²) in [6, 6.07) is 11.2. The zero-order valence-corrected chi connectivity index (χ0v) is 17.8. The summed E-state index contributed by atoms with van der Waals surface area (Å²) in [5, 5.41) is 7.43. The van der Waals surface area contributed by atoms with Gasteiger partial charge in [0, 0.05) is 37.3 Å². The van der Waals surface area contributed by atoms with E-state index in [0.29, 0.717) is 6.04 Å². The van der Waals surface area contributed by atoms with Gasteiger partial charge in [-0.1, -0.05) is 30.3 Å². The van der Waals surface area contributed by atoms with E-state index in [-0.39, 0.29) is 17.7 Å². The molecule has 2 N–H and O–H groups in total. The topological polar surface area (TPSA) is 53.6 Å². The Kier molecular flexibility index (Phi) is 7.29. The fraction of sp³-hybridized carbons (Fsp3) is 0.682. The SMILES string of the molecule is CC(C)(C)NCC(NC1CCN(C(=O)OC(C)(C)C)CC1)c1ccccc1. The van der Waals surface area contributed by atoms with Crippen molar-refractivity contribution in [3.63, 3.8) is 0 Å². The average Bonchev–Trinajstić information content (AvgIpc) is 2.57. The van der Waals surface area contributed by atoms with Crippen molar-refractivity contribution in [1.29, 1.82) is 0 Å². The van der Waals surface area contributed by atoms with Gasteiger partial charge in [0.25, 0.3) is 0 Å². The van der Waals surface area contributed by atoms with Crippen LogP contribution >= 0.6 is 0 Å². The molecule has 1 amide bonds. The smallest absolute Gasteiger partial charge is 0.410 e. The molecule has 5 heteroatoms. The van der Waals surface area contributed by atoms with Gasteiger partial charge in [-0.25, -0.2) is 4.79 Å². The molecule has 1 aromatic carbocycles. The largest absolute Gasteiger partial charge is 0.444 e. The number of hydrogen-bond donors (Lipinski definition) is 2. The second kappa shape index (κ2) is 9.07. The number of ether oxygens (including phenoxy) is 1. The fourth-order valence-corrected chi connectivity index (χ4v) is 3.21. The third-order valence-electron chi connectivity index (χ3n) is 4.62. The Balaban J connectivity index is 1.92. The number of piperidine rings is 1. The van der Waals surface area contributed by atoms with Crippen molar-refractivity contribution in [3.8, 4) is 0 Å². The van der Waals surface area contributed by atoms with Crippen LogP contribution in [0.1, 0.15) is 66.0 Å². The van der Waals surface area contributed by atoms with Gasteiger partial charge in [-0.15, -0.1) is 0 Å². The second-order valence-electron chi connectivity index (χ2n) is 9.50. The summed E-state index contributed by atoms with van der Waals surface area (Å²) in [4.78, 5) is 14.1. The zero-order valence-electron chi connectivity index (χ0n) is 17.8. The molecule has 5 nitrogen and oxygen atoms in total. The van der Waals surface area contributed by atoms with E-state index in [1.807, 2.05) is 25.7 Å². The first-order chi connectivity index (χ1) is 12.5. The number of carbonyl (C=O) groups is 1. The zero-order chi connectivity index (χ0) is 20.1. The molecule has 0 aromatic heterocycles. The Morgan fingerprint density at radius 2 is 1.70 bits per heavy atom. The van der Waals surface area contributed by atoms with E-state index in [4.69, 9.17) is 4.74 Å². The Hall–Kier alpha value is -1.59. The van der Waals surface area contributed by atoms with Crippen LogP contribution in [0.2, 0.25) is 0 Å². The molecule has 1 saturated heterocycles. The van der Waals surface area contributed by atoms with E-state index in [9.17, 15) is 4.79 Å². The second-order valence-corrected chi connectivity index (χ2v) is 9.50. The molecule has 0 saturated carbocycles. The van der Waals surface area contributed by atoms with Crippen molar-refractivity contribution in [2.75, 3.05) is 19.6 Å². The summed E-state index contributed by atoms with van der Waals surface area (Å²) in [7, 11) is 0. The van der Waals surface area contributed by atoms with Gasteiger partial charge >= 0.3 is 6.09 Å². The van der Waals surface area contributed by atoms with E-state index in [2.05, 4.69) is 61.7 Å². The lowest BCUT2D eigenvalue weighted by Gasteiger charge is -2.36. The lowest BCUT2D eigenvalue weighted by Crippen LogP contribution is -2.49. The Bertz CT molecular complexity index is 582. The van der Waals surface area contributed by atoms with E-state index in [1.165, 1.54) is 5.56 Å². The quantitative estimate of drug-likeness (QED) is 0.813. The molecule has 0 radical (unpaired) electrons. The highest BCUT2D eigenvalue weighted by atomic mass is 16.6.